The van der Waals surface area contributed by atoms with Gasteiger partial charge in [0.15, 0.2) is 0 Å². The lowest BCUT2D eigenvalue weighted by atomic mass is 10.2. The molecule has 1 aromatic heterocycles. The van der Waals surface area contributed by atoms with Gasteiger partial charge in [0.1, 0.15) is 11.5 Å². The molecular formula is C14H11F5N2. The molecule has 0 N–H and O–H groups in total. The molecule has 0 radical (unpaired) electrons. The highest BCUT2D eigenvalue weighted by Gasteiger charge is 2.24. The van der Waals surface area contributed by atoms with Crippen molar-refractivity contribution < 1.29 is 22.0 Å². The van der Waals surface area contributed by atoms with Gasteiger partial charge in [-0.25, -0.2) is 4.39 Å². The molecule has 0 spiro atoms. The number of rotatable bonds is 4. The second-order valence-corrected chi connectivity index (χ2v) is 4.31. The number of pyridine rings is 1. The van der Waals surface area contributed by atoms with Crippen molar-refractivity contribution in [1.82, 2.24) is 4.98 Å². The fourth-order valence-electron chi connectivity index (χ4n) is 1.96. The van der Waals surface area contributed by atoms with E-state index < -0.39 is 35.0 Å². The zero-order valence-electron chi connectivity index (χ0n) is 11.0. The molecule has 0 saturated carbocycles. The van der Waals surface area contributed by atoms with Crippen molar-refractivity contribution in [2.45, 2.75) is 13.5 Å². The number of hydrogen-bond acceptors (Lipinski definition) is 2. The first kappa shape index (κ1) is 15.2. The maximum Gasteiger partial charge on any atom is 0.253 e. The molecule has 0 amide bonds. The van der Waals surface area contributed by atoms with Gasteiger partial charge in [0, 0.05) is 13.1 Å². The van der Waals surface area contributed by atoms with Crippen LogP contribution < -0.4 is 4.90 Å². The van der Waals surface area contributed by atoms with E-state index in [1.165, 1.54) is 24.3 Å². The molecule has 1 aromatic carbocycles. The van der Waals surface area contributed by atoms with E-state index in [1.54, 1.807) is 6.92 Å². The Bertz CT molecular complexity index is 634. The minimum Gasteiger partial charge on any atom is -0.362 e. The summed E-state index contributed by atoms with van der Waals surface area (Å²) in [5.41, 5.74) is -0.444. The molecule has 0 unspecified atom stereocenters. The molecular weight excluding hydrogens is 291 g/mol. The van der Waals surface area contributed by atoms with Crippen LogP contribution in [-0.2, 0) is 6.54 Å². The molecule has 112 valence electrons. The lowest BCUT2D eigenvalue weighted by Gasteiger charge is -2.24. The average molecular weight is 302 g/mol. The van der Waals surface area contributed by atoms with Crippen molar-refractivity contribution in [3.05, 3.63) is 59.2 Å². The fraction of sp³-hybridized carbons (Fsp3) is 0.214. The van der Waals surface area contributed by atoms with Crippen LogP contribution in [0.25, 0.3) is 0 Å². The molecule has 2 aromatic rings. The number of aromatic nitrogens is 1. The van der Waals surface area contributed by atoms with E-state index in [1.807, 2.05) is 0 Å². The third kappa shape index (κ3) is 3.12. The number of nitrogens with zero attached hydrogens (tertiary/aromatic N) is 2. The molecule has 0 fully saturated rings. The molecule has 2 rings (SSSR count). The molecule has 0 aliphatic heterocycles. The molecule has 0 aliphatic carbocycles. The minimum absolute atomic E-state index is 0.0627. The van der Waals surface area contributed by atoms with Crippen LogP contribution in [0.4, 0.5) is 27.6 Å². The van der Waals surface area contributed by atoms with Gasteiger partial charge in [-0.15, -0.1) is 0 Å². The molecule has 0 atom stereocenters. The predicted molar refractivity (Wildman–Crippen MR) is 67.2 cm³/mol. The largest absolute Gasteiger partial charge is 0.362 e. The van der Waals surface area contributed by atoms with E-state index in [4.69, 9.17) is 0 Å². The van der Waals surface area contributed by atoms with Crippen LogP contribution in [0.1, 0.15) is 12.5 Å². The summed E-state index contributed by atoms with van der Waals surface area (Å²) in [6.07, 6.45) is 0. The third-order valence-electron chi connectivity index (χ3n) is 2.93. The zero-order chi connectivity index (χ0) is 15.6. The Hall–Kier alpha value is -2.18. The van der Waals surface area contributed by atoms with Gasteiger partial charge in [-0.1, -0.05) is 12.1 Å². The first-order valence-corrected chi connectivity index (χ1v) is 6.13. The highest BCUT2D eigenvalue weighted by molar-refractivity contribution is 5.49. The number of benzene rings is 1. The van der Waals surface area contributed by atoms with Crippen LogP contribution in [0.2, 0.25) is 0 Å². The van der Waals surface area contributed by atoms with Crippen molar-refractivity contribution in [3.63, 3.8) is 0 Å². The second kappa shape index (κ2) is 6.07. The van der Waals surface area contributed by atoms with E-state index in [-0.39, 0.29) is 13.1 Å². The lowest BCUT2D eigenvalue weighted by Crippen LogP contribution is -2.26. The molecule has 2 nitrogen and oxygen atoms in total. The summed E-state index contributed by atoms with van der Waals surface area (Å²) in [4.78, 5) is 3.56. The maximum absolute atomic E-state index is 13.7. The van der Waals surface area contributed by atoms with Crippen LogP contribution in [0.3, 0.4) is 0 Å². The van der Waals surface area contributed by atoms with Crippen LogP contribution in [-0.4, -0.2) is 11.5 Å². The molecule has 0 saturated heterocycles. The fourth-order valence-corrected chi connectivity index (χ4v) is 1.96. The van der Waals surface area contributed by atoms with Gasteiger partial charge in [-0.2, -0.15) is 22.5 Å². The van der Waals surface area contributed by atoms with Gasteiger partial charge in [0.05, 0.1) is 0 Å². The van der Waals surface area contributed by atoms with Gasteiger partial charge < -0.3 is 4.90 Å². The zero-order valence-corrected chi connectivity index (χ0v) is 11.0. The summed E-state index contributed by atoms with van der Waals surface area (Å²) in [6, 6.07) is 5.35. The van der Waals surface area contributed by atoms with E-state index in [2.05, 4.69) is 4.98 Å². The number of anilines is 1. The third-order valence-corrected chi connectivity index (χ3v) is 2.93. The highest BCUT2D eigenvalue weighted by Crippen LogP contribution is 2.27. The summed E-state index contributed by atoms with van der Waals surface area (Å²) in [5.74, 6) is -7.11. The van der Waals surface area contributed by atoms with E-state index in [0.29, 0.717) is 5.56 Å². The van der Waals surface area contributed by atoms with E-state index >= 15 is 0 Å². The summed E-state index contributed by atoms with van der Waals surface area (Å²) < 4.78 is 66.8. The van der Waals surface area contributed by atoms with Crippen LogP contribution >= 0.6 is 0 Å². The highest BCUT2D eigenvalue weighted by atomic mass is 19.2. The summed E-state index contributed by atoms with van der Waals surface area (Å²) >= 11 is 0. The van der Waals surface area contributed by atoms with Crippen LogP contribution in [0.15, 0.2) is 24.3 Å². The smallest absolute Gasteiger partial charge is 0.253 e. The van der Waals surface area contributed by atoms with Gasteiger partial charge >= 0.3 is 0 Å². The molecule has 0 bridgehead atoms. The number of hydrogen-bond donors (Lipinski definition) is 0. The van der Waals surface area contributed by atoms with Crippen molar-refractivity contribution in [2.24, 2.45) is 0 Å². The van der Waals surface area contributed by atoms with Gasteiger partial charge in [0.2, 0.25) is 11.6 Å². The Morgan fingerprint density at radius 3 is 2.14 bits per heavy atom. The molecule has 21 heavy (non-hydrogen) atoms. The van der Waals surface area contributed by atoms with Crippen LogP contribution in [0, 0.1) is 29.3 Å². The Balaban J connectivity index is 2.43. The quantitative estimate of drug-likeness (QED) is 0.631. The van der Waals surface area contributed by atoms with Crippen LogP contribution in [0.5, 0.6) is 0 Å². The monoisotopic (exact) mass is 302 g/mol. The molecule has 1 heterocycles. The second-order valence-electron chi connectivity index (χ2n) is 4.31. The first-order chi connectivity index (χ1) is 9.93. The Labute approximate surface area is 117 Å². The molecule has 7 heteroatoms. The first-order valence-electron chi connectivity index (χ1n) is 6.13. The van der Waals surface area contributed by atoms with Gasteiger partial charge in [-0.05, 0) is 24.6 Å². The summed E-state index contributed by atoms with van der Waals surface area (Å²) in [7, 11) is 0. The summed E-state index contributed by atoms with van der Waals surface area (Å²) in [5, 5.41) is 0. The molecule has 0 aliphatic rings. The Kier molecular flexibility index (Phi) is 4.40. The lowest BCUT2D eigenvalue weighted by molar-refractivity contribution is 0.405. The standard InChI is InChI=1S/C14H11F5N2/c1-2-21(7-8-4-3-5-9(15)6-8)12-10(16)13(18)20-14(19)11(12)17/h3-6H,2,7H2,1H3. The average Bonchev–Trinajstić information content (AvgIpc) is 2.44. The topological polar surface area (TPSA) is 16.1 Å². The normalized spacial score (nSPS) is 10.8. The predicted octanol–water partition coefficient (Wildman–Crippen LogP) is 3.80. The number of halogens is 5. The van der Waals surface area contributed by atoms with Crippen molar-refractivity contribution >= 4 is 5.69 Å². The SMILES string of the molecule is CCN(Cc1cccc(F)c1)c1c(F)c(F)nc(F)c1F. The van der Waals surface area contributed by atoms with Crippen molar-refractivity contribution in [3.8, 4) is 0 Å². The maximum atomic E-state index is 13.7. The van der Waals surface area contributed by atoms with Gasteiger partial charge in [-0.3, -0.25) is 0 Å². The Morgan fingerprint density at radius 1 is 1.00 bits per heavy atom. The van der Waals surface area contributed by atoms with Gasteiger partial charge in [0.25, 0.3) is 11.9 Å². The minimum atomic E-state index is -1.72. The summed E-state index contributed by atoms with van der Waals surface area (Å²) in [6.45, 7) is 1.51. The van der Waals surface area contributed by atoms with Crippen molar-refractivity contribution in [2.75, 3.05) is 11.4 Å². The van der Waals surface area contributed by atoms with E-state index in [0.717, 1.165) is 4.90 Å². The van der Waals surface area contributed by atoms with E-state index in [9.17, 15) is 22.0 Å². The van der Waals surface area contributed by atoms with Crippen molar-refractivity contribution in [1.29, 1.82) is 0 Å². The Morgan fingerprint density at radius 2 is 1.62 bits per heavy atom.